The molecule has 0 bridgehead atoms. The molecule has 3 heterocycles. The van der Waals surface area contributed by atoms with Crippen molar-refractivity contribution in [2.75, 3.05) is 44.9 Å². The van der Waals surface area contributed by atoms with E-state index in [1.807, 2.05) is 0 Å². The minimum atomic E-state index is -0.794. The number of benzene rings is 1. The van der Waals surface area contributed by atoms with Gasteiger partial charge in [-0.2, -0.15) is 0 Å². The Labute approximate surface area is 194 Å². The number of amides is 2. The molecule has 9 nitrogen and oxygen atoms in total. The Morgan fingerprint density at radius 1 is 1.29 bits per heavy atom. The SMILES string of the molecule is COCCCC(=O)N1CC=C(c2c(F)cc(N3C(=O)OC[C@H]3COc3ccon3)cc2F)CC1. The number of nitrogens with zero attached hydrogens (tertiary/aromatic N) is 3. The van der Waals surface area contributed by atoms with Crippen LogP contribution in [-0.2, 0) is 14.3 Å². The van der Waals surface area contributed by atoms with Crippen LogP contribution in [0.3, 0.4) is 0 Å². The van der Waals surface area contributed by atoms with Gasteiger partial charge in [0.15, 0.2) is 0 Å². The summed E-state index contributed by atoms with van der Waals surface area (Å²) < 4.78 is 50.3. The Morgan fingerprint density at radius 3 is 2.74 bits per heavy atom. The van der Waals surface area contributed by atoms with Crippen molar-refractivity contribution in [2.24, 2.45) is 0 Å². The van der Waals surface area contributed by atoms with E-state index in [2.05, 4.69) is 9.68 Å². The van der Waals surface area contributed by atoms with Crippen LogP contribution in [0.2, 0.25) is 0 Å². The number of carbonyl (C=O) groups excluding carboxylic acids is 2. The van der Waals surface area contributed by atoms with E-state index in [0.29, 0.717) is 38.0 Å². The summed E-state index contributed by atoms with van der Waals surface area (Å²) in [5.41, 5.74) is 0.358. The van der Waals surface area contributed by atoms with Gasteiger partial charge in [-0.15, -0.1) is 0 Å². The van der Waals surface area contributed by atoms with Gasteiger partial charge in [0.1, 0.15) is 37.2 Å². The Bertz CT molecular complexity index is 1040. The molecule has 1 aromatic carbocycles. The standard InChI is InChI=1S/C23H25F2N3O6/c1-31-9-2-3-21(29)27-7-4-15(5-8-27)22-18(24)11-16(12-19(22)25)28-17(14-33-23(28)30)13-32-20-6-10-34-26-20/h4,6,10-12,17H,2-3,5,7-9,13-14H2,1H3/t17-/m1/s1. The lowest BCUT2D eigenvalue weighted by molar-refractivity contribution is -0.131. The molecule has 0 aliphatic carbocycles. The molecule has 2 aliphatic rings. The third-order valence-corrected chi connectivity index (χ3v) is 5.73. The number of anilines is 1. The zero-order valence-corrected chi connectivity index (χ0v) is 18.7. The predicted octanol–water partition coefficient (Wildman–Crippen LogP) is 3.40. The van der Waals surface area contributed by atoms with Crippen molar-refractivity contribution in [1.29, 1.82) is 0 Å². The highest BCUT2D eigenvalue weighted by Gasteiger charge is 2.36. The number of cyclic esters (lactones) is 1. The molecule has 0 radical (unpaired) electrons. The fraction of sp³-hybridized carbons (Fsp3) is 0.435. The minimum Gasteiger partial charge on any atom is -0.473 e. The maximum absolute atomic E-state index is 15.1. The zero-order chi connectivity index (χ0) is 24.1. The lowest BCUT2D eigenvalue weighted by Gasteiger charge is -2.27. The normalized spacial score (nSPS) is 18.1. The molecule has 1 fully saturated rings. The fourth-order valence-corrected chi connectivity index (χ4v) is 4.01. The molecule has 2 amide bonds. The molecule has 4 rings (SSSR count). The third-order valence-electron chi connectivity index (χ3n) is 5.73. The van der Waals surface area contributed by atoms with E-state index >= 15 is 8.78 Å². The van der Waals surface area contributed by atoms with Gasteiger partial charge in [-0.05, 0) is 35.7 Å². The molecule has 0 N–H and O–H groups in total. The molecule has 11 heteroatoms. The first-order valence-corrected chi connectivity index (χ1v) is 10.9. The highest BCUT2D eigenvalue weighted by Crippen LogP contribution is 2.33. The summed E-state index contributed by atoms with van der Waals surface area (Å²) in [6.45, 7) is 1.16. The zero-order valence-electron chi connectivity index (χ0n) is 18.7. The van der Waals surface area contributed by atoms with Gasteiger partial charge in [0.25, 0.3) is 5.88 Å². The number of hydrogen-bond acceptors (Lipinski definition) is 7. The average molecular weight is 477 g/mol. The number of aromatic nitrogens is 1. The van der Waals surface area contributed by atoms with Gasteiger partial charge in [-0.25, -0.2) is 13.6 Å². The van der Waals surface area contributed by atoms with E-state index in [-0.39, 0.29) is 42.8 Å². The van der Waals surface area contributed by atoms with E-state index in [1.54, 1.807) is 18.1 Å². The van der Waals surface area contributed by atoms with Crippen molar-refractivity contribution in [3.05, 3.63) is 47.7 Å². The van der Waals surface area contributed by atoms with Crippen molar-refractivity contribution in [1.82, 2.24) is 10.1 Å². The summed E-state index contributed by atoms with van der Waals surface area (Å²) in [5.74, 6) is -1.38. The number of halogens is 2. The first-order chi connectivity index (χ1) is 16.5. The number of hydrogen-bond donors (Lipinski definition) is 0. The van der Waals surface area contributed by atoms with Gasteiger partial charge >= 0.3 is 6.09 Å². The van der Waals surface area contributed by atoms with Crippen LogP contribution < -0.4 is 9.64 Å². The van der Waals surface area contributed by atoms with Crippen molar-refractivity contribution in [3.8, 4) is 5.88 Å². The second kappa shape index (κ2) is 10.6. The maximum atomic E-state index is 15.1. The van der Waals surface area contributed by atoms with E-state index in [0.717, 1.165) is 17.0 Å². The average Bonchev–Trinajstić information content (AvgIpc) is 3.47. The Hall–Kier alpha value is -3.47. The van der Waals surface area contributed by atoms with Gasteiger partial charge < -0.3 is 23.6 Å². The van der Waals surface area contributed by atoms with Crippen LogP contribution in [-0.4, -0.2) is 68.1 Å². The molecule has 0 unspecified atom stereocenters. The number of rotatable bonds is 9. The van der Waals surface area contributed by atoms with Gasteiger partial charge in [0.2, 0.25) is 5.91 Å². The number of carbonyl (C=O) groups is 2. The summed E-state index contributed by atoms with van der Waals surface area (Å²) in [7, 11) is 1.58. The first-order valence-electron chi connectivity index (χ1n) is 10.9. The van der Waals surface area contributed by atoms with Gasteiger partial charge in [-0.3, -0.25) is 9.69 Å². The van der Waals surface area contributed by atoms with E-state index in [4.69, 9.17) is 14.2 Å². The molecular formula is C23H25F2N3O6. The smallest absolute Gasteiger partial charge is 0.414 e. The molecule has 1 atom stereocenters. The minimum absolute atomic E-state index is 0.00106. The summed E-state index contributed by atoms with van der Waals surface area (Å²) >= 11 is 0. The molecule has 34 heavy (non-hydrogen) atoms. The summed E-state index contributed by atoms with van der Waals surface area (Å²) in [6, 6.07) is 3.12. The van der Waals surface area contributed by atoms with Crippen LogP contribution in [0.5, 0.6) is 5.88 Å². The van der Waals surface area contributed by atoms with Crippen molar-refractivity contribution >= 4 is 23.3 Å². The predicted molar refractivity (Wildman–Crippen MR) is 116 cm³/mol. The quantitative estimate of drug-likeness (QED) is 0.511. The topological polar surface area (TPSA) is 94.3 Å². The fourth-order valence-electron chi connectivity index (χ4n) is 4.01. The number of methoxy groups -OCH3 is 1. The van der Waals surface area contributed by atoms with Crippen LogP contribution in [0.4, 0.5) is 19.3 Å². The molecule has 2 aromatic rings. The monoisotopic (exact) mass is 477 g/mol. The van der Waals surface area contributed by atoms with Crippen LogP contribution in [0, 0.1) is 11.6 Å². The summed E-state index contributed by atoms with van der Waals surface area (Å²) in [6.07, 6.45) is 3.59. The summed E-state index contributed by atoms with van der Waals surface area (Å²) in [5, 5.41) is 3.62. The number of ether oxygens (including phenoxy) is 3. The maximum Gasteiger partial charge on any atom is 0.414 e. The van der Waals surface area contributed by atoms with E-state index < -0.39 is 23.8 Å². The molecule has 1 aromatic heterocycles. The second-order valence-corrected chi connectivity index (χ2v) is 7.95. The lowest BCUT2D eigenvalue weighted by Crippen LogP contribution is -2.38. The molecule has 0 spiro atoms. The Morgan fingerprint density at radius 2 is 2.09 bits per heavy atom. The van der Waals surface area contributed by atoms with Gasteiger partial charge in [-0.1, -0.05) is 6.08 Å². The Balaban J connectivity index is 1.46. The molecule has 0 saturated carbocycles. The van der Waals surface area contributed by atoms with Crippen molar-refractivity contribution in [3.63, 3.8) is 0 Å². The molecule has 1 saturated heterocycles. The Kier molecular flexibility index (Phi) is 7.41. The van der Waals surface area contributed by atoms with E-state index in [1.165, 1.54) is 12.3 Å². The molecule has 2 aliphatic heterocycles. The van der Waals surface area contributed by atoms with Crippen molar-refractivity contribution in [2.45, 2.75) is 25.3 Å². The molecule has 182 valence electrons. The largest absolute Gasteiger partial charge is 0.473 e. The lowest BCUT2D eigenvalue weighted by atomic mass is 9.97. The van der Waals surface area contributed by atoms with Gasteiger partial charge in [0, 0.05) is 44.9 Å². The van der Waals surface area contributed by atoms with Crippen molar-refractivity contribution < 1.29 is 37.1 Å². The van der Waals surface area contributed by atoms with Gasteiger partial charge in [0.05, 0.1) is 5.69 Å². The second-order valence-electron chi connectivity index (χ2n) is 7.95. The van der Waals surface area contributed by atoms with E-state index in [9.17, 15) is 9.59 Å². The van der Waals surface area contributed by atoms with Crippen LogP contribution in [0.25, 0.3) is 5.57 Å². The highest BCUT2D eigenvalue weighted by atomic mass is 19.1. The summed E-state index contributed by atoms with van der Waals surface area (Å²) in [4.78, 5) is 27.3. The molecular weight excluding hydrogens is 452 g/mol. The van der Waals surface area contributed by atoms with Crippen LogP contribution >= 0.6 is 0 Å². The van der Waals surface area contributed by atoms with Crippen LogP contribution in [0.1, 0.15) is 24.8 Å². The third kappa shape index (κ3) is 5.19. The van der Waals surface area contributed by atoms with Crippen LogP contribution in [0.15, 0.2) is 35.1 Å². The first kappa shape index (κ1) is 23.7. The highest BCUT2D eigenvalue weighted by molar-refractivity contribution is 5.90.